The molecule has 0 aromatic carbocycles. The number of hydrogen-bond donors (Lipinski definition) is 0. The Kier molecular flexibility index (Phi) is 6.49. The summed E-state index contributed by atoms with van der Waals surface area (Å²) in [7, 11) is 0. The van der Waals surface area contributed by atoms with Crippen molar-refractivity contribution >= 4 is 5.97 Å². The Balaban J connectivity index is 1.74. The van der Waals surface area contributed by atoms with E-state index in [9.17, 15) is 4.79 Å². The van der Waals surface area contributed by atoms with Gasteiger partial charge in [-0.25, -0.2) is 0 Å². The van der Waals surface area contributed by atoms with Gasteiger partial charge in [0.1, 0.15) is 0 Å². The average molecular weight is 298 g/mol. The molecule has 2 aliphatic rings. The van der Waals surface area contributed by atoms with Crippen molar-refractivity contribution in [2.24, 2.45) is 5.41 Å². The summed E-state index contributed by atoms with van der Waals surface area (Å²) in [6, 6.07) is 0. The molecule has 3 atom stereocenters. The van der Waals surface area contributed by atoms with Crippen LogP contribution in [0.25, 0.3) is 0 Å². The van der Waals surface area contributed by atoms with Gasteiger partial charge in [0.2, 0.25) is 0 Å². The third-order valence-corrected chi connectivity index (χ3v) is 4.78. The van der Waals surface area contributed by atoms with Crippen LogP contribution in [0.2, 0.25) is 0 Å². The van der Waals surface area contributed by atoms with Crippen LogP contribution in [0.1, 0.15) is 65.2 Å². The summed E-state index contributed by atoms with van der Waals surface area (Å²) < 4.78 is 17.1. The topological polar surface area (TPSA) is 44.8 Å². The van der Waals surface area contributed by atoms with E-state index >= 15 is 0 Å². The maximum atomic E-state index is 12.3. The predicted octanol–water partition coefficient (Wildman–Crippen LogP) is 3.47. The summed E-state index contributed by atoms with van der Waals surface area (Å²) in [5.74, 6) is -0.0575. The second-order valence-corrected chi connectivity index (χ2v) is 6.36. The van der Waals surface area contributed by atoms with E-state index in [1.165, 1.54) is 19.3 Å². The minimum absolute atomic E-state index is 0.0465. The van der Waals surface area contributed by atoms with E-state index in [1.54, 1.807) is 0 Å². The van der Waals surface area contributed by atoms with Gasteiger partial charge in [-0.2, -0.15) is 0 Å². The summed E-state index contributed by atoms with van der Waals surface area (Å²) in [5.41, 5.74) is -0.383. The first-order valence-corrected chi connectivity index (χ1v) is 8.63. The van der Waals surface area contributed by atoms with Crippen LogP contribution in [0.5, 0.6) is 0 Å². The largest absolute Gasteiger partial charge is 0.465 e. The van der Waals surface area contributed by atoms with E-state index < -0.39 is 0 Å². The SMILES string of the molecule is CCCCCCOC[C@H]1C[C@]2(C(=O)OCC)CCC[C@@H]2O1. The third kappa shape index (κ3) is 3.98. The van der Waals surface area contributed by atoms with Gasteiger partial charge in [0.05, 0.1) is 30.8 Å². The molecule has 0 bridgehead atoms. The van der Waals surface area contributed by atoms with Crippen LogP contribution in [-0.4, -0.2) is 38.0 Å². The number of hydrogen-bond acceptors (Lipinski definition) is 4. The molecule has 1 aliphatic carbocycles. The molecule has 122 valence electrons. The first-order valence-electron chi connectivity index (χ1n) is 8.63. The highest BCUT2D eigenvalue weighted by atomic mass is 16.6. The molecule has 2 rings (SSSR count). The molecule has 0 unspecified atom stereocenters. The summed E-state index contributed by atoms with van der Waals surface area (Å²) in [5, 5.41) is 0. The molecule has 0 N–H and O–H groups in total. The van der Waals surface area contributed by atoms with E-state index in [4.69, 9.17) is 14.2 Å². The Morgan fingerprint density at radius 3 is 2.90 bits per heavy atom. The molecule has 4 heteroatoms. The van der Waals surface area contributed by atoms with Crippen LogP contribution in [0.4, 0.5) is 0 Å². The molecule has 0 spiro atoms. The van der Waals surface area contributed by atoms with E-state index in [0.717, 1.165) is 38.7 Å². The minimum Gasteiger partial charge on any atom is -0.465 e. The standard InChI is InChI=1S/C17H30O4/c1-3-5-6-7-11-19-13-14-12-17(16(18)20-4-2)10-8-9-15(17)21-14/h14-15H,3-13H2,1-2H3/t14-,15+,17-/m1/s1. The number of ether oxygens (including phenoxy) is 3. The van der Waals surface area contributed by atoms with Crippen LogP contribution in [0.3, 0.4) is 0 Å². The van der Waals surface area contributed by atoms with Crippen LogP contribution < -0.4 is 0 Å². The highest BCUT2D eigenvalue weighted by Crippen LogP contribution is 2.50. The molecule has 2 fully saturated rings. The lowest BCUT2D eigenvalue weighted by Gasteiger charge is -2.24. The Labute approximate surface area is 128 Å². The normalized spacial score (nSPS) is 31.3. The van der Waals surface area contributed by atoms with Crippen LogP contribution in [0.15, 0.2) is 0 Å². The van der Waals surface area contributed by atoms with Crippen LogP contribution >= 0.6 is 0 Å². The number of carbonyl (C=O) groups is 1. The molecule has 0 amide bonds. The van der Waals surface area contributed by atoms with Crippen molar-refractivity contribution in [1.82, 2.24) is 0 Å². The fourth-order valence-corrected chi connectivity index (χ4v) is 3.69. The average Bonchev–Trinajstić information content (AvgIpc) is 3.00. The summed E-state index contributed by atoms with van der Waals surface area (Å²) >= 11 is 0. The second-order valence-electron chi connectivity index (χ2n) is 6.36. The first-order chi connectivity index (χ1) is 10.2. The van der Waals surface area contributed by atoms with Crippen molar-refractivity contribution in [1.29, 1.82) is 0 Å². The molecule has 1 saturated heterocycles. The van der Waals surface area contributed by atoms with E-state index in [-0.39, 0.29) is 23.6 Å². The van der Waals surface area contributed by atoms with E-state index in [2.05, 4.69) is 6.92 Å². The van der Waals surface area contributed by atoms with Crippen molar-refractivity contribution in [3.8, 4) is 0 Å². The zero-order valence-corrected chi connectivity index (χ0v) is 13.6. The molecule has 0 radical (unpaired) electrons. The quantitative estimate of drug-likeness (QED) is 0.483. The van der Waals surface area contributed by atoms with Crippen molar-refractivity contribution in [3.63, 3.8) is 0 Å². The van der Waals surface area contributed by atoms with Gasteiger partial charge in [0.15, 0.2) is 0 Å². The Hall–Kier alpha value is -0.610. The second kappa shape index (κ2) is 8.14. The lowest BCUT2D eigenvalue weighted by atomic mass is 9.81. The zero-order valence-electron chi connectivity index (χ0n) is 13.6. The van der Waals surface area contributed by atoms with Gasteiger partial charge in [-0.1, -0.05) is 26.2 Å². The Morgan fingerprint density at radius 1 is 1.29 bits per heavy atom. The molecule has 21 heavy (non-hydrogen) atoms. The molecule has 1 aliphatic heterocycles. The number of rotatable bonds is 9. The zero-order chi connectivity index (χ0) is 15.1. The maximum absolute atomic E-state index is 12.3. The molecular formula is C17H30O4. The van der Waals surface area contributed by atoms with Crippen molar-refractivity contribution < 1.29 is 19.0 Å². The monoisotopic (exact) mass is 298 g/mol. The molecule has 4 nitrogen and oxygen atoms in total. The summed E-state index contributed by atoms with van der Waals surface area (Å²) in [4.78, 5) is 12.3. The number of fused-ring (bicyclic) bond motifs is 1. The lowest BCUT2D eigenvalue weighted by molar-refractivity contribution is -0.157. The summed E-state index contributed by atoms with van der Waals surface area (Å²) in [6.07, 6.45) is 8.70. The fraction of sp³-hybridized carbons (Fsp3) is 0.941. The Morgan fingerprint density at radius 2 is 2.14 bits per heavy atom. The number of esters is 1. The molecule has 1 saturated carbocycles. The Bertz CT molecular complexity index is 331. The smallest absolute Gasteiger partial charge is 0.314 e. The molecular weight excluding hydrogens is 268 g/mol. The van der Waals surface area contributed by atoms with Gasteiger partial charge >= 0.3 is 5.97 Å². The van der Waals surface area contributed by atoms with Gasteiger partial charge < -0.3 is 14.2 Å². The van der Waals surface area contributed by atoms with Gasteiger partial charge in [-0.05, 0) is 39.0 Å². The molecule has 0 aromatic rings. The van der Waals surface area contributed by atoms with Crippen molar-refractivity contribution in [2.45, 2.75) is 77.4 Å². The van der Waals surface area contributed by atoms with Crippen LogP contribution in [-0.2, 0) is 19.0 Å². The van der Waals surface area contributed by atoms with Gasteiger partial charge in [-0.3, -0.25) is 4.79 Å². The van der Waals surface area contributed by atoms with E-state index in [0.29, 0.717) is 13.2 Å². The first kappa shape index (κ1) is 16.8. The molecule has 0 aromatic heterocycles. The molecule has 1 heterocycles. The van der Waals surface area contributed by atoms with Crippen molar-refractivity contribution in [2.75, 3.05) is 19.8 Å². The maximum Gasteiger partial charge on any atom is 0.314 e. The van der Waals surface area contributed by atoms with Gasteiger partial charge in [0, 0.05) is 6.61 Å². The number of carbonyl (C=O) groups excluding carboxylic acids is 1. The lowest BCUT2D eigenvalue weighted by Crippen LogP contribution is -2.36. The minimum atomic E-state index is -0.383. The summed E-state index contributed by atoms with van der Waals surface area (Å²) in [6.45, 7) is 5.94. The van der Waals surface area contributed by atoms with Crippen LogP contribution in [0, 0.1) is 5.41 Å². The van der Waals surface area contributed by atoms with Gasteiger partial charge in [-0.15, -0.1) is 0 Å². The fourth-order valence-electron chi connectivity index (χ4n) is 3.69. The third-order valence-electron chi connectivity index (χ3n) is 4.78. The van der Waals surface area contributed by atoms with Crippen molar-refractivity contribution in [3.05, 3.63) is 0 Å². The highest BCUT2D eigenvalue weighted by molar-refractivity contribution is 5.78. The number of unbranched alkanes of at least 4 members (excludes halogenated alkanes) is 3. The highest BCUT2D eigenvalue weighted by Gasteiger charge is 2.57. The van der Waals surface area contributed by atoms with Gasteiger partial charge in [0.25, 0.3) is 0 Å². The van der Waals surface area contributed by atoms with E-state index in [1.807, 2.05) is 6.92 Å². The predicted molar refractivity (Wildman–Crippen MR) is 81.2 cm³/mol.